The topological polar surface area (TPSA) is 229 Å². The van der Waals surface area contributed by atoms with E-state index in [1.807, 2.05) is 0 Å². The third-order valence-corrected chi connectivity index (χ3v) is 5.89. The molecule has 2 saturated heterocycles. The van der Waals surface area contributed by atoms with Gasteiger partial charge in [-0.05, 0) is 12.1 Å². The van der Waals surface area contributed by atoms with Gasteiger partial charge in [0.15, 0.2) is 17.8 Å². The van der Waals surface area contributed by atoms with Crippen LogP contribution in [0.25, 0.3) is 11.0 Å². The molecule has 2 aromatic rings. The molecule has 0 bridgehead atoms. The van der Waals surface area contributed by atoms with Gasteiger partial charge in [-0.25, -0.2) is 4.79 Å². The lowest BCUT2D eigenvalue weighted by atomic mass is 9.98. The maximum Gasteiger partial charge on any atom is 0.336 e. The van der Waals surface area contributed by atoms with E-state index >= 15 is 0 Å². The van der Waals surface area contributed by atoms with E-state index in [4.69, 9.17) is 23.4 Å². The van der Waals surface area contributed by atoms with Crippen LogP contribution in [0.2, 0.25) is 0 Å². The summed E-state index contributed by atoms with van der Waals surface area (Å²) in [5.74, 6) is -0.648. The summed E-state index contributed by atoms with van der Waals surface area (Å²) >= 11 is 0. The average molecular weight is 502 g/mol. The zero-order chi connectivity index (χ0) is 25.4. The molecule has 3 heterocycles. The fourth-order valence-electron chi connectivity index (χ4n) is 3.85. The largest absolute Gasteiger partial charge is 0.504 e. The van der Waals surface area contributed by atoms with Crippen LogP contribution in [0.4, 0.5) is 0 Å². The van der Waals surface area contributed by atoms with Crippen molar-refractivity contribution in [2.24, 2.45) is 0 Å². The second-order valence-electron chi connectivity index (χ2n) is 8.28. The molecule has 4 rings (SSSR count). The number of hydrogen-bond donors (Lipinski definition) is 8. The Balaban J connectivity index is 1.47. The quantitative estimate of drug-likeness (QED) is 0.179. The molecule has 14 heteroatoms. The summed E-state index contributed by atoms with van der Waals surface area (Å²) in [6, 6.07) is 5.00. The molecule has 8 N–H and O–H groups in total. The van der Waals surface area contributed by atoms with Gasteiger partial charge < -0.3 is 64.2 Å². The number of hydrogen-bond acceptors (Lipinski definition) is 14. The third kappa shape index (κ3) is 5.12. The maximum atomic E-state index is 11.3. The third-order valence-electron chi connectivity index (χ3n) is 5.89. The van der Waals surface area contributed by atoms with Gasteiger partial charge in [0.2, 0.25) is 6.29 Å². The number of benzene rings is 1. The van der Waals surface area contributed by atoms with E-state index in [0.717, 1.165) is 12.1 Å². The van der Waals surface area contributed by atoms with Gasteiger partial charge in [0.05, 0.1) is 13.2 Å². The number of aromatic hydroxyl groups is 1. The highest BCUT2D eigenvalue weighted by Gasteiger charge is 2.48. The van der Waals surface area contributed by atoms with Crippen molar-refractivity contribution in [3.8, 4) is 11.5 Å². The van der Waals surface area contributed by atoms with Crippen LogP contribution >= 0.6 is 0 Å². The van der Waals surface area contributed by atoms with Crippen molar-refractivity contribution >= 4 is 11.0 Å². The van der Waals surface area contributed by atoms with Gasteiger partial charge in [-0.1, -0.05) is 0 Å². The van der Waals surface area contributed by atoms with Gasteiger partial charge in [0, 0.05) is 17.5 Å². The summed E-state index contributed by atoms with van der Waals surface area (Å²) in [5, 5.41) is 80.6. The number of aliphatic hydroxyl groups excluding tert-OH is 7. The number of phenolic OH excluding ortho intramolecular Hbond substituents is 1. The van der Waals surface area contributed by atoms with Crippen LogP contribution in [-0.4, -0.2) is 115 Å². The molecule has 14 nitrogen and oxygen atoms in total. The summed E-state index contributed by atoms with van der Waals surface area (Å²) in [7, 11) is 0. The molecule has 0 radical (unpaired) electrons. The molecule has 194 valence electrons. The molecule has 1 aromatic carbocycles. The van der Waals surface area contributed by atoms with E-state index in [9.17, 15) is 45.6 Å². The number of aliphatic hydroxyl groups is 7. The number of phenols is 1. The van der Waals surface area contributed by atoms with E-state index in [1.54, 1.807) is 0 Å². The van der Waals surface area contributed by atoms with E-state index in [0.29, 0.717) is 5.39 Å². The average Bonchev–Trinajstić information content (AvgIpc) is 2.83. The first-order chi connectivity index (χ1) is 16.6. The lowest BCUT2D eigenvalue weighted by molar-refractivity contribution is -0.323. The summed E-state index contributed by atoms with van der Waals surface area (Å²) < 4.78 is 26.5. The Hall–Kier alpha value is -2.37. The first-order valence-corrected chi connectivity index (χ1v) is 10.7. The monoisotopic (exact) mass is 502 g/mol. The van der Waals surface area contributed by atoms with Gasteiger partial charge in [-0.3, -0.25) is 0 Å². The van der Waals surface area contributed by atoms with E-state index in [-0.39, 0.29) is 11.3 Å². The van der Waals surface area contributed by atoms with Crippen LogP contribution in [-0.2, 0) is 14.2 Å². The van der Waals surface area contributed by atoms with Crippen molar-refractivity contribution < 1.29 is 64.2 Å². The fourth-order valence-corrected chi connectivity index (χ4v) is 3.85. The fraction of sp³-hybridized carbons (Fsp3) is 0.571. The molecule has 2 fully saturated rings. The van der Waals surface area contributed by atoms with E-state index in [2.05, 4.69) is 0 Å². The first kappa shape index (κ1) is 25.7. The van der Waals surface area contributed by atoms with Crippen LogP contribution in [0, 0.1) is 0 Å². The molecule has 10 atom stereocenters. The predicted molar refractivity (Wildman–Crippen MR) is 111 cm³/mol. The van der Waals surface area contributed by atoms with Gasteiger partial charge in [-0.15, -0.1) is 0 Å². The predicted octanol–water partition coefficient (Wildman–Crippen LogP) is -3.50. The lowest BCUT2D eigenvalue weighted by Gasteiger charge is -2.42. The van der Waals surface area contributed by atoms with Crippen molar-refractivity contribution in [3.05, 3.63) is 34.7 Å². The molecule has 2 aliphatic rings. The molecular formula is C21H26O14. The summed E-state index contributed by atoms with van der Waals surface area (Å²) in [5.41, 5.74) is -0.551. The second kappa shape index (κ2) is 10.3. The highest BCUT2D eigenvalue weighted by Crippen LogP contribution is 2.34. The smallest absolute Gasteiger partial charge is 0.336 e. The number of rotatable bonds is 6. The maximum absolute atomic E-state index is 11.3. The standard InChI is InChI=1S/C21H26O14/c22-5-11-14(25)16(27)18(29)20(34-11)31-6-12-15(26)17(28)19(30)21(35-12)33-10-3-7-1-2-13(24)32-9(7)4-8(10)23/h1-4,11-12,14-23,25-30H,5-6H2/t11-,12-,14-,15-,16+,17+,18-,19-,20+,21-/m1/s1. The number of ether oxygens (including phenoxy) is 4. The zero-order valence-corrected chi connectivity index (χ0v) is 18.0. The van der Waals surface area contributed by atoms with Gasteiger partial charge in [-0.2, -0.15) is 0 Å². The summed E-state index contributed by atoms with van der Waals surface area (Å²) in [4.78, 5) is 11.3. The Morgan fingerprint density at radius 3 is 2.11 bits per heavy atom. The van der Waals surface area contributed by atoms with Crippen LogP contribution in [0.15, 0.2) is 33.5 Å². The van der Waals surface area contributed by atoms with Crippen LogP contribution in [0.5, 0.6) is 11.5 Å². The van der Waals surface area contributed by atoms with Crippen molar-refractivity contribution in [2.45, 2.75) is 61.4 Å². The highest BCUT2D eigenvalue weighted by molar-refractivity contribution is 5.80. The zero-order valence-electron chi connectivity index (χ0n) is 18.0. The highest BCUT2D eigenvalue weighted by atomic mass is 16.7. The Morgan fingerprint density at radius 2 is 1.43 bits per heavy atom. The van der Waals surface area contributed by atoms with Crippen LogP contribution < -0.4 is 10.4 Å². The molecule has 0 amide bonds. The SMILES string of the molecule is O=c1ccc2cc(O[C@@H]3O[C@H](CO[C@H]4O[C@H](CO)[C@@H](O)[C@H](O)[C@H]4O)[C@@H](O)[C@H](O)[C@H]3O)c(O)cc2o1. The molecule has 0 aliphatic carbocycles. The summed E-state index contributed by atoms with van der Waals surface area (Å²) in [6.07, 6.45) is -15.9. The van der Waals surface area contributed by atoms with E-state index in [1.165, 1.54) is 12.1 Å². The summed E-state index contributed by atoms with van der Waals surface area (Å²) in [6.45, 7) is -1.21. The van der Waals surface area contributed by atoms with Gasteiger partial charge in [0.25, 0.3) is 0 Å². The van der Waals surface area contributed by atoms with Crippen molar-refractivity contribution in [1.82, 2.24) is 0 Å². The normalized spacial score (nSPS) is 37.9. The van der Waals surface area contributed by atoms with Crippen LogP contribution in [0.3, 0.4) is 0 Å². The minimum Gasteiger partial charge on any atom is -0.504 e. The molecule has 0 unspecified atom stereocenters. The molecule has 0 saturated carbocycles. The second-order valence-corrected chi connectivity index (χ2v) is 8.28. The van der Waals surface area contributed by atoms with Crippen LogP contribution in [0.1, 0.15) is 0 Å². The minimum atomic E-state index is -1.77. The molecule has 1 aromatic heterocycles. The van der Waals surface area contributed by atoms with Crippen molar-refractivity contribution in [1.29, 1.82) is 0 Å². The van der Waals surface area contributed by atoms with Gasteiger partial charge >= 0.3 is 5.63 Å². The molecule has 0 spiro atoms. The Morgan fingerprint density at radius 1 is 0.800 bits per heavy atom. The van der Waals surface area contributed by atoms with Crippen molar-refractivity contribution in [2.75, 3.05) is 13.2 Å². The lowest BCUT2D eigenvalue weighted by Crippen LogP contribution is -2.62. The molecule has 2 aliphatic heterocycles. The van der Waals surface area contributed by atoms with E-state index < -0.39 is 86.0 Å². The Labute approximate surface area is 196 Å². The Bertz CT molecular complexity index is 1070. The first-order valence-electron chi connectivity index (χ1n) is 10.7. The molecular weight excluding hydrogens is 476 g/mol. The molecule has 35 heavy (non-hydrogen) atoms. The Kier molecular flexibility index (Phi) is 7.58. The van der Waals surface area contributed by atoms with Crippen molar-refractivity contribution in [3.63, 3.8) is 0 Å². The van der Waals surface area contributed by atoms with Gasteiger partial charge in [0.1, 0.15) is 54.4 Å². The minimum absolute atomic E-state index is 0.0775. The number of fused-ring (bicyclic) bond motifs is 1.